The fraction of sp³-hybridized carbons (Fsp3) is 0.381. The van der Waals surface area contributed by atoms with Crippen molar-refractivity contribution in [1.82, 2.24) is 0 Å². The minimum absolute atomic E-state index is 0.0942. The zero-order valence-corrected chi connectivity index (χ0v) is 17.1. The Kier molecular flexibility index (Phi) is 5.15. The highest BCUT2D eigenvalue weighted by molar-refractivity contribution is 7.89. The molecule has 0 spiro atoms. The van der Waals surface area contributed by atoms with Crippen LogP contribution in [0, 0.1) is 0 Å². The van der Waals surface area contributed by atoms with E-state index in [-0.39, 0.29) is 36.7 Å². The molecule has 2 aliphatic rings. The summed E-state index contributed by atoms with van der Waals surface area (Å²) in [5.41, 5.74) is 2.75. The van der Waals surface area contributed by atoms with E-state index in [0.717, 1.165) is 5.56 Å². The van der Waals surface area contributed by atoms with E-state index in [0.29, 0.717) is 28.3 Å². The van der Waals surface area contributed by atoms with Crippen LogP contribution in [0.4, 0.5) is 14.5 Å². The fourth-order valence-electron chi connectivity index (χ4n) is 4.01. The van der Waals surface area contributed by atoms with Crippen LogP contribution >= 0.6 is 11.6 Å². The van der Waals surface area contributed by atoms with Crippen molar-refractivity contribution >= 4 is 33.0 Å². The van der Waals surface area contributed by atoms with Gasteiger partial charge in [0.2, 0.25) is 5.91 Å². The van der Waals surface area contributed by atoms with E-state index in [1.807, 2.05) is 0 Å². The van der Waals surface area contributed by atoms with Crippen LogP contribution in [-0.2, 0) is 32.6 Å². The molecule has 1 fully saturated rings. The maximum absolute atomic E-state index is 13.3. The van der Waals surface area contributed by atoms with E-state index in [2.05, 4.69) is 0 Å². The third kappa shape index (κ3) is 4.46. The molecule has 0 unspecified atom stereocenters. The van der Waals surface area contributed by atoms with Crippen molar-refractivity contribution in [3.8, 4) is 0 Å². The van der Waals surface area contributed by atoms with Gasteiger partial charge in [-0.2, -0.15) is 0 Å². The molecule has 1 aliphatic heterocycles. The minimum Gasteiger partial charge on any atom is -0.309 e. The average molecular weight is 440 g/mol. The van der Waals surface area contributed by atoms with Gasteiger partial charge in [0.25, 0.3) is 5.92 Å². The molecule has 0 bridgehead atoms. The lowest BCUT2D eigenvalue weighted by atomic mass is 9.84. The molecule has 8 heteroatoms. The molecule has 0 atom stereocenters. The lowest BCUT2D eigenvalue weighted by Gasteiger charge is -2.44. The van der Waals surface area contributed by atoms with Gasteiger partial charge >= 0.3 is 0 Å². The smallest absolute Gasteiger partial charge is 0.252 e. The number of rotatable bonds is 5. The zero-order valence-electron chi connectivity index (χ0n) is 15.6. The molecule has 1 saturated carbocycles. The molecular weight excluding hydrogens is 420 g/mol. The summed E-state index contributed by atoms with van der Waals surface area (Å²) in [6.45, 7) is 0. The average Bonchev–Trinajstić information content (AvgIpc) is 2.61. The molecule has 2 aromatic rings. The van der Waals surface area contributed by atoms with Crippen molar-refractivity contribution in [1.29, 1.82) is 0 Å². The van der Waals surface area contributed by atoms with Crippen molar-refractivity contribution in [2.45, 2.75) is 49.2 Å². The Balaban J connectivity index is 1.52. The molecule has 0 radical (unpaired) electrons. The van der Waals surface area contributed by atoms with Gasteiger partial charge in [0, 0.05) is 36.0 Å². The molecule has 1 amide bonds. The Hall–Kier alpha value is -1.99. The topological polar surface area (TPSA) is 54.5 Å². The largest absolute Gasteiger partial charge is 0.309 e. The molecule has 4 nitrogen and oxygen atoms in total. The Morgan fingerprint density at radius 1 is 1.00 bits per heavy atom. The first-order valence-corrected chi connectivity index (χ1v) is 11.6. The Morgan fingerprint density at radius 3 is 2.28 bits per heavy atom. The quantitative estimate of drug-likeness (QED) is 0.687. The number of hydrogen-bond donors (Lipinski definition) is 0. The summed E-state index contributed by atoms with van der Waals surface area (Å²) in [6.07, 6.45) is 0.0830. The van der Waals surface area contributed by atoms with Crippen LogP contribution in [-0.4, -0.2) is 26.3 Å². The molecule has 0 aromatic heterocycles. The van der Waals surface area contributed by atoms with Gasteiger partial charge in [-0.25, -0.2) is 17.2 Å². The van der Waals surface area contributed by atoms with E-state index < -0.39 is 21.8 Å². The molecule has 0 saturated heterocycles. The second-order valence-corrected chi connectivity index (χ2v) is 10.3. The van der Waals surface area contributed by atoms with Crippen LogP contribution in [0.1, 0.15) is 36.0 Å². The van der Waals surface area contributed by atoms with Crippen LogP contribution in [0.25, 0.3) is 0 Å². The second-order valence-electron chi connectivity index (χ2n) is 7.80. The maximum atomic E-state index is 13.3. The molecule has 29 heavy (non-hydrogen) atoms. The SMILES string of the molecule is O=C1CCc2cc(CS(=O)(=O)Cc3ccc(Cl)cc3)ccc2N1C1CC(F)(F)C1. The fourth-order valence-corrected chi connectivity index (χ4v) is 5.63. The Morgan fingerprint density at radius 2 is 1.62 bits per heavy atom. The van der Waals surface area contributed by atoms with Crippen LogP contribution in [0.15, 0.2) is 42.5 Å². The van der Waals surface area contributed by atoms with Crippen LogP contribution in [0.2, 0.25) is 5.02 Å². The standard InChI is InChI=1S/C21H20ClF2NO3S/c22-17-5-1-14(2-6-17)12-29(27,28)13-15-3-7-19-16(9-15)4-8-20(26)25(19)18-10-21(23,24)11-18/h1-3,5-7,9,18H,4,8,10-13H2. The number of amides is 1. The van der Waals surface area contributed by atoms with Gasteiger partial charge < -0.3 is 4.90 Å². The number of carbonyl (C=O) groups excluding carboxylic acids is 1. The molecule has 1 aliphatic carbocycles. The lowest BCUT2D eigenvalue weighted by Crippen LogP contribution is -2.54. The number of sulfone groups is 1. The number of fused-ring (bicyclic) bond motifs is 1. The van der Waals surface area contributed by atoms with Gasteiger partial charge in [-0.05, 0) is 41.3 Å². The number of hydrogen-bond acceptors (Lipinski definition) is 3. The van der Waals surface area contributed by atoms with Gasteiger partial charge in [-0.3, -0.25) is 4.79 Å². The molecule has 4 rings (SSSR count). The summed E-state index contributed by atoms with van der Waals surface area (Å²) in [5.74, 6) is -3.08. The zero-order chi connectivity index (χ0) is 20.8. The van der Waals surface area contributed by atoms with Gasteiger partial charge in [-0.15, -0.1) is 0 Å². The Bertz CT molecular complexity index is 1050. The molecular formula is C21H20ClF2NO3S. The summed E-state index contributed by atoms with van der Waals surface area (Å²) in [7, 11) is -3.40. The summed E-state index contributed by atoms with van der Waals surface area (Å²) < 4.78 is 51.8. The van der Waals surface area contributed by atoms with Crippen LogP contribution < -0.4 is 4.90 Å². The van der Waals surface area contributed by atoms with Gasteiger partial charge in [0.1, 0.15) is 0 Å². The van der Waals surface area contributed by atoms with Crippen LogP contribution in [0.3, 0.4) is 0 Å². The van der Waals surface area contributed by atoms with Crippen molar-refractivity contribution in [2.24, 2.45) is 0 Å². The lowest BCUT2D eigenvalue weighted by molar-refractivity contribution is -0.124. The predicted molar refractivity (Wildman–Crippen MR) is 108 cm³/mol. The van der Waals surface area contributed by atoms with Crippen molar-refractivity contribution in [2.75, 3.05) is 4.90 Å². The van der Waals surface area contributed by atoms with Crippen LogP contribution in [0.5, 0.6) is 0 Å². The number of carbonyl (C=O) groups is 1. The predicted octanol–water partition coefficient (Wildman–Crippen LogP) is 4.53. The van der Waals surface area contributed by atoms with Crippen molar-refractivity contribution in [3.63, 3.8) is 0 Å². The van der Waals surface area contributed by atoms with E-state index in [1.165, 1.54) is 4.90 Å². The number of anilines is 1. The first kappa shape index (κ1) is 20.3. The number of alkyl halides is 2. The van der Waals surface area contributed by atoms with E-state index in [4.69, 9.17) is 11.6 Å². The summed E-state index contributed by atoms with van der Waals surface area (Å²) in [6, 6.07) is 11.3. The Labute approximate surface area is 173 Å². The molecule has 1 heterocycles. The molecule has 0 N–H and O–H groups in total. The highest BCUT2D eigenvalue weighted by atomic mass is 35.5. The van der Waals surface area contributed by atoms with Gasteiger partial charge in [0.15, 0.2) is 9.84 Å². The first-order chi connectivity index (χ1) is 13.6. The first-order valence-electron chi connectivity index (χ1n) is 9.38. The van der Waals surface area contributed by atoms with E-state index in [9.17, 15) is 22.0 Å². The normalized spacial score (nSPS) is 19.0. The number of aryl methyl sites for hydroxylation is 1. The summed E-state index contributed by atoms with van der Waals surface area (Å²) >= 11 is 5.84. The van der Waals surface area contributed by atoms with E-state index >= 15 is 0 Å². The van der Waals surface area contributed by atoms with Crippen molar-refractivity contribution in [3.05, 3.63) is 64.2 Å². The summed E-state index contributed by atoms with van der Waals surface area (Å²) in [5, 5.41) is 0.546. The molecule has 2 aromatic carbocycles. The van der Waals surface area contributed by atoms with E-state index in [1.54, 1.807) is 42.5 Å². The second kappa shape index (κ2) is 7.36. The number of nitrogens with zero attached hydrogens (tertiary/aromatic N) is 1. The van der Waals surface area contributed by atoms with Gasteiger partial charge in [-0.1, -0.05) is 35.9 Å². The minimum atomic E-state index is -3.40. The highest BCUT2D eigenvalue weighted by Crippen LogP contribution is 2.44. The monoisotopic (exact) mass is 439 g/mol. The highest BCUT2D eigenvalue weighted by Gasteiger charge is 2.50. The molecule has 154 valence electrons. The third-order valence-corrected chi connectivity index (χ3v) is 7.20. The number of halogens is 3. The maximum Gasteiger partial charge on any atom is 0.252 e. The number of benzene rings is 2. The third-order valence-electron chi connectivity index (χ3n) is 5.40. The summed E-state index contributed by atoms with van der Waals surface area (Å²) in [4.78, 5) is 13.8. The van der Waals surface area contributed by atoms with Crippen molar-refractivity contribution < 1.29 is 22.0 Å². The van der Waals surface area contributed by atoms with Gasteiger partial charge in [0.05, 0.1) is 11.5 Å².